The van der Waals surface area contributed by atoms with Gasteiger partial charge >= 0.3 is 0 Å². The van der Waals surface area contributed by atoms with Gasteiger partial charge in [0.15, 0.2) is 5.82 Å². The van der Waals surface area contributed by atoms with Gasteiger partial charge in [0.1, 0.15) is 11.4 Å². The predicted molar refractivity (Wildman–Crippen MR) is 115 cm³/mol. The first-order chi connectivity index (χ1) is 14.5. The number of aryl methyl sites for hydroxylation is 1. The molecule has 0 spiro atoms. The summed E-state index contributed by atoms with van der Waals surface area (Å²) in [6.45, 7) is 4.51. The van der Waals surface area contributed by atoms with Crippen LogP contribution in [0.5, 0.6) is 5.75 Å². The number of H-pyrrole nitrogens is 1. The van der Waals surface area contributed by atoms with E-state index in [1.54, 1.807) is 0 Å². The zero-order valence-electron chi connectivity index (χ0n) is 17.2. The van der Waals surface area contributed by atoms with Crippen LogP contribution in [0, 0.1) is 0 Å². The molecule has 1 unspecified atom stereocenters. The van der Waals surface area contributed by atoms with E-state index in [4.69, 9.17) is 4.74 Å². The van der Waals surface area contributed by atoms with E-state index in [0.29, 0.717) is 23.7 Å². The Hall–Kier alpha value is -3.48. The van der Waals surface area contributed by atoms with Crippen molar-refractivity contribution in [3.05, 3.63) is 76.2 Å². The van der Waals surface area contributed by atoms with Crippen molar-refractivity contribution in [3.8, 4) is 17.1 Å². The largest absolute Gasteiger partial charge is 0.491 e. The molecule has 7 heteroatoms. The molecular weight excluding hydrogens is 380 g/mol. The summed E-state index contributed by atoms with van der Waals surface area (Å²) in [6, 6.07) is 17.0. The van der Waals surface area contributed by atoms with Crippen molar-refractivity contribution in [2.24, 2.45) is 0 Å². The molecule has 0 fully saturated rings. The van der Waals surface area contributed by atoms with Gasteiger partial charge in [-0.2, -0.15) is 0 Å². The van der Waals surface area contributed by atoms with Crippen LogP contribution in [0.4, 0.5) is 0 Å². The molecule has 0 saturated carbocycles. The van der Waals surface area contributed by atoms with Gasteiger partial charge < -0.3 is 15.0 Å². The number of hydrogen-bond acceptors (Lipinski definition) is 5. The number of hydrogen-bond donors (Lipinski definition) is 2. The van der Waals surface area contributed by atoms with Crippen LogP contribution in [0.2, 0.25) is 0 Å². The van der Waals surface area contributed by atoms with Crippen molar-refractivity contribution in [2.45, 2.75) is 45.8 Å². The van der Waals surface area contributed by atoms with E-state index in [0.717, 1.165) is 12.0 Å². The Labute approximate surface area is 175 Å². The Morgan fingerprint density at radius 2 is 1.93 bits per heavy atom. The van der Waals surface area contributed by atoms with Gasteiger partial charge in [0, 0.05) is 24.9 Å². The van der Waals surface area contributed by atoms with Crippen molar-refractivity contribution < 1.29 is 9.53 Å². The van der Waals surface area contributed by atoms with Crippen molar-refractivity contribution in [3.63, 3.8) is 0 Å². The van der Waals surface area contributed by atoms with Crippen molar-refractivity contribution in [1.29, 1.82) is 0 Å². The minimum absolute atomic E-state index is 0.0980. The Kier molecular flexibility index (Phi) is 7.32. The smallest absolute Gasteiger partial charge is 0.273 e. The zero-order chi connectivity index (χ0) is 21.3. The molecule has 2 N–H and O–H groups in total. The number of carbonyl (C=O) groups is 1. The molecule has 1 atom stereocenters. The number of rotatable bonds is 9. The average Bonchev–Trinajstić information content (AvgIpc) is 2.77. The summed E-state index contributed by atoms with van der Waals surface area (Å²) < 4.78 is 5.81. The standard InChI is InChI=1S/C23H26N4O3/c1-3-16(2)30-19-11-7-10-18(14-19)22-25-23(29)20(26-27-22)12-13-21(28)24-15-17-8-5-4-6-9-17/h4-11,14,16H,3,12-13,15H2,1-2H3,(H,24,28)(H,25,27,29). The van der Waals surface area contributed by atoms with E-state index in [-0.39, 0.29) is 36.1 Å². The van der Waals surface area contributed by atoms with Crippen LogP contribution in [-0.4, -0.2) is 27.2 Å². The number of carbonyl (C=O) groups excluding carboxylic acids is 1. The lowest BCUT2D eigenvalue weighted by Gasteiger charge is -2.13. The molecule has 3 rings (SSSR count). The van der Waals surface area contributed by atoms with Crippen molar-refractivity contribution >= 4 is 5.91 Å². The molecular formula is C23H26N4O3. The summed E-state index contributed by atoms with van der Waals surface area (Å²) in [5.41, 5.74) is 1.63. The first-order valence-corrected chi connectivity index (χ1v) is 10.1. The third kappa shape index (κ3) is 6.01. The summed E-state index contributed by atoms with van der Waals surface area (Å²) in [4.78, 5) is 27.2. The first kappa shape index (κ1) is 21.2. The van der Waals surface area contributed by atoms with Gasteiger partial charge in [0.25, 0.3) is 5.56 Å². The van der Waals surface area contributed by atoms with Crippen molar-refractivity contribution in [1.82, 2.24) is 20.5 Å². The molecule has 0 radical (unpaired) electrons. The van der Waals surface area contributed by atoms with Gasteiger partial charge in [0.2, 0.25) is 5.91 Å². The van der Waals surface area contributed by atoms with E-state index >= 15 is 0 Å². The number of ether oxygens (including phenoxy) is 1. The number of amides is 1. The minimum Gasteiger partial charge on any atom is -0.491 e. The minimum atomic E-state index is -0.343. The zero-order valence-corrected chi connectivity index (χ0v) is 17.2. The lowest BCUT2D eigenvalue weighted by molar-refractivity contribution is -0.121. The van der Waals surface area contributed by atoms with E-state index in [1.807, 2.05) is 61.5 Å². The highest BCUT2D eigenvalue weighted by molar-refractivity contribution is 5.76. The topological polar surface area (TPSA) is 97.0 Å². The fourth-order valence-electron chi connectivity index (χ4n) is 2.80. The number of benzene rings is 2. The van der Waals surface area contributed by atoms with Crippen LogP contribution >= 0.6 is 0 Å². The molecule has 0 bridgehead atoms. The fraction of sp³-hybridized carbons (Fsp3) is 0.304. The highest BCUT2D eigenvalue weighted by Crippen LogP contribution is 2.21. The summed E-state index contributed by atoms with van der Waals surface area (Å²) in [6.07, 6.45) is 1.39. The van der Waals surface area contributed by atoms with Gasteiger partial charge in [0.05, 0.1) is 6.10 Å². The number of nitrogens with zero attached hydrogens (tertiary/aromatic N) is 2. The van der Waals surface area contributed by atoms with Crippen LogP contribution in [0.15, 0.2) is 59.4 Å². The molecule has 3 aromatic rings. The van der Waals surface area contributed by atoms with E-state index in [1.165, 1.54) is 0 Å². The van der Waals surface area contributed by atoms with Gasteiger partial charge in [-0.25, -0.2) is 0 Å². The second-order valence-corrected chi connectivity index (χ2v) is 7.08. The second-order valence-electron chi connectivity index (χ2n) is 7.08. The average molecular weight is 406 g/mol. The van der Waals surface area contributed by atoms with Gasteiger partial charge in [-0.1, -0.05) is 49.4 Å². The molecule has 2 aromatic carbocycles. The quantitative estimate of drug-likeness (QED) is 0.569. The van der Waals surface area contributed by atoms with Crippen LogP contribution in [-0.2, 0) is 17.8 Å². The summed E-state index contributed by atoms with van der Waals surface area (Å²) >= 11 is 0. The second kappa shape index (κ2) is 10.3. The molecule has 1 amide bonds. The lowest BCUT2D eigenvalue weighted by Crippen LogP contribution is -2.25. The predicted octanol–water partition coefficient (Wildman–Crippen LogP) is 3.26. The van der Waals surface area contributed by atoms with Gasteiger partial charge in [-0.05, 0) is 31.0 Å². The van der Waals surface area contributed by atoms with Gasteiger partial charge in [-0.15, -0.1) is 10.2 Å². The molecule has 1 aromatic heterocycles. The number of aromatic amines is 1. The highest BCUT2D eigenvalue weighted by Gasteiger charge is 2.10. The lowest BCUT2D eigenvalue weighted by atomic mass is 10.2. The van der Waals surface area contributed by atoms with Crippen molar-refractivity contribution in [2.75, 3.05) is 0 Å². The van der Waals surface area contributed by atoms with Crippen LogP contribution in [0.1, 0.15) is 37.9 Å². The maximum Gasteiger partial charge on any atom is 0.273 e. The van der Waals surface area contributed by atoms with E-state index < -0.39 is 0 Å². The summed E-state index contributed by atoms with van der Waals surface area (Å²) in [5.74, 6) is 0.939. The SMILES string of the molecule is CCC(C)Oc1cccc(-c2nnc(CCC(=O)NCc3ccccc3)c(=O)[nH]2)c1. The number of nitrogens with one attached hydrogen (secondary N) is 2. The monoisotopic (exact) mass is 406 g/mol. The molecule has 0 aliphatic heterocycles. The van der Waals surface area contributed by atoms with E-state index in [9.17, 15) is 9.59 Å². The van der Waals surface area contributed by atoms with Gasteiger partial charge in [-0.3, -0.25) is 9.59 Å². The Bertz CT molecular complexity index is 1030. The Morgan fingerprint density at radius 3 is 2.67 bits per heavy atom. The Morgan fingerprint density at radius 1 is 1.13 bits per heavy atom. The molecule has 0 saturated heterocycles. The number of aromatic nitrogens is 3. The molecule has 7 nitrogen and oxygen atoms in total. The van der Waals surface area contributed by atoms with Crippen LogP contribution in [0.25, 0.3) is 11.4 Å². The maximum atomic E-state index is 12.4. The van der Waals surface area contributed by atoms with Crippen LogP contribution in [0.3, 0.4) is 0 Å². The maximum absolute atomic E-state index is 12.4. The summed E-state index contributed by atoms with van der Waals surface area (Å²) in [7, 11) is 0. The third-order valence-electron chi connectivity index (χ3n) is 4.71. The highest BCUT2D eigenvalue weighted by atomic mass is 16.5. The normalized spacial score (nSPS) is 11.7. The molecule has 156 valence electrons. The summed E-state index contributed by atoms with van der Waals surface area (Å²) in [5, 5.41) is 11.0. The molecule has 0 aliphatic rings. The molecule has 0 aliphatic carbocycles. The van der Waals surface area contributed by atoms with E-state index in [2.05, 4.69) is 27.4 Å². The fourth-order valence-corrected chi connectivity index (χ4v) is 2.80. The first-order valence-electron chi connectivity index (χ1n) is 10.1. The third-order valence-corrected chi connectivity index (χ3v) is 4.71. The van der Waals surface area contributed by atoms with Crippen LogP contribution < -0.4 is 15.6 Å². The molecule has 30 heavy (non-hydrogen) atoms. The molecule has 1 heterocycles. The Balaban J connectivity index is 1.59.